The van der Waals surface area contributed by atoms with Crippen molar-refractivity contribution in [2.24, 2.45) is 5.92 Å². The normalized spacial score (nSPS) is 28.0. The third-order valence-corrected chi connectivity index (χ3v) is 5.27. The highest BCUT2D eigenvalue weighted by molar-refractivity contribution is 5.97. The fourth-order valence-corrected chi connectivity index (χ4v) is 3.76. The molecule has 1 unspecified atom stereocenters. The quantitative estimate of drug-likeness (QED) is 0.766. The zero-order valence-corrected chi connectivity index (χ0v) is 14.5. The molecule has 2 fully saturated rings. The molecule has 7 nitrogen and oxygen atoms in total. The lowest BCUT2D eigenvalue weighted by Gasteiger charge is -2.40. The van der Waals surface area contributed by atoms with E-state index in [0.717, 1.165) is 19.3 Å². The van der Waals surface area contributed by atoms with Gasteiger partial charge in [-0.3, -0.25) is 0 Å². The van der Waals surface area contributed by atoms with Crippen LogP contribution in [0.2, 0.25) is 0 Å². The highest BCUT2D eigenvalue weighted by Crippen LogP contribution is 2.36. The van der Waals surface area contributed by atoms with Gasteiger partial charge in [-0.15, -0.1) is 0 Å². The Morgan fingerprint density at radius 2 is 2.04 bits per heavy atom. The molecule has 2 aromatic heterocycles. The summed E-state index contributed by atoms with van der Waals surface area (Å²) >= 11 is 0. The molecule has 3 heterocycles. The van der Waals surface area contributed by atoms with Gasteiger partial charge >= 0.3 is 0 Å². The highest BCUT2D eigenvalue weighted by atomic mass is 19.3. The summed E-state index contributed by atoms with van der Waals surface area (Å²) in [5.74, 6) is -1.68. The van der Waals surface area contributed by atoms with E-state index in [4.69, 9.17) is 5.73 Å². The van der Waals surface area contributed by atoms with Crippen LogP contribution in [0.4, 0.5) is 26.2 Å². The minimum Gasteiger partial charge on any atom is -0.393 e. The number of halogens is 2. The van der Waals surface area contributed by atoms with Crippen molar-refractivity contribution in [1.29, 1.82) is 0 Å². The van der Waals surface area contributed by atoms with Crippen molar-refractivity contribution in [3.05, 3.63) is 12.4 Å². The molecular formula is C17H22F2N6O. The summed E-state index contributed by atoms with van der Waals surface area (Å²) in [4.78, 5) is 14.5. The maximum absolute atomic E-state index is 13.3. The number of pyridine rings is 1. The van der Waals surface area contributed by atoms with Gasteiger partial charge in [0, 0.05) is 12.2 Å². The summed E-state index contributed by atoms with van der Waals surface area (Å²) in [5, 5.41) is 13.6. The van der Waals surface area contributed by atoms with Crippen molar-refractivity contribution in [2.75, 3.05) is 29.0 Å². The molecule has 3 atom stereocenters. The Morgan fingerprint density at radius 3 is 2.73 bits per heavy atom. The minimum atomic E-state index is -2.68. The Bertz CT molecular complexity index is 824. The van der Waals surface area contributed by atoms with Gasteiger partial charge in [0.05, 0.1) is 36.5 Å². The number of aliphatic hydroxyl groups excluding tert-OH is 1. The zero-order chi connectivity index (χ0) is 18.5. The SMILES string of the molecule is CC1C[C@H](O)CC[C@H]1Nc1ncc2c(N)ncc(N3CC(F)(F)C3)c2n1. The first-order chi connectivity index (χ1) is 12.3. The van der Waals surface area contributed by atoms with Crippen LogP contribution in [0.3, 0.4) is 0 Å². The van der Waals surface area contributed by atoms with Crippen LogP contribution in [-0.4, -0.2) is 51.2 Å². The Hall–Kier alpha value is -2.29. The van der Waals surface area contributed by atoms with Crippen molar-refractivity contribution in [3.8, 4) is 0 Å². The summed E-state index contributed by atoms with van der Waals surface area (Å²) in [6.07, 6.45) is 5.11. The summed E-state index contributed by atoms with van der Waals surface area (Å²) in [6.45, 7) is 1.38. The maximum atomic E-state index is 13.3. The molecule has 4 rings (SSSR count). The molecule has 2 aromatic rings. The number of nitrogen functional groups attached to an aromatic ring is 1. The summed E-state index contributed by atoms with van der Waals surface area (Å²) in [5.41, 5.74) is 6.97. The van der Waals surface area contributed by atoms with Crippen molar-refractivity contribution in [3.63, 3.8) is 0 Å². The highest BCUT2D eigenvalue weighted by Gasteiger charge is 2.44. The van der Waals surface area contributed by atoms with Crippen LogP contribution in [0.1, 0.15) is 26.2 Å². The average Bonchev–Trinajstić information content (AvgIpc) is 2.56. The van der Waals surface area contributed by atoms with E-state index < -0.39 is 5.92 Å². The second-order valence-corrected chi connectivity index (χ2v) is 7.39. The van der Waals surface area contributed by atoms with Crippen molar-refractivity contribution in [2.45, 2.75) is 44.3 Å². The summed E-state index contributed by atoms with van der Waals surface area (Å²) in [6, 6.07) is 0.159. The van der Waals surface area contributed by atoms with Crippen molar-refractivity contribution in [1.82, 2.24) is 15.0 Å². The van der Waals surface area contributed by atoms with E-state index in [1.165, 1.54) is 6.20 Å². The number of nitrogens with one attached hydrogen (secondary N) is 1. The smallest absolute Gasteiger partial charge is 0.282 e. The number of anilines is 3. The summed E-state index contributed by atoms with van der Waals surface area (Å²) in [7, 11) is 0. The molecule has 0 bridgehead atoms. The monoisotopic (exact) mass is 364 g/mol. The van der Waals surface area contributed by atoms with Gasteiger partial charge in [-0.05, 0) is 25.2 Å². The van der Waals surface area contributed by atoms with Gasteiger partial charge in [-0.2, -0.15) is 0 Å². The lowest BCUT2D eigenvalue weighted by atomic mass is 9.84. The standard InChI is InChI=1S/C17H22F2N6O/c1-9-4-10(26)2-3-12(9)23-16-22-5-11-14(24-16)13(6-21-15(11)20)25-7-17(18,19)8-25/h5-6,9-10,12,26H,2-4,7-8H2,1H3,(H2,20,21)(H,22,23,24)/t9?,10-,12-/m1/s1. The van der Waals surface area contributed by atoms with Gasteiger partial charge in [0.15, 0.2) is 0 Å². The molecule has 1 aliphatic heterocycles. The summed E-state index contributed by atoms with van der Waals surface area (Å²) < 4.78 is 26.5. The van der Waals surface area contributed by atoms with Crippen LogP contribution in [0.25, 0.3) is 10.9 Å². The number of nitrogens with zero attached hydrogens (tertiary/aromatic N) is 4. The number of aromatic nitrogens is 3. The lowest BCUT2D eigenvalue weighted by Crippen LogP contribution is -2.56. The second-order valence-electron chi connectivity index (χ2n) is 7.39. The van der Waals surface area contributed by atoms with Crippen LogP contribution in [-0.2, 0) is 0 Å². The van der Waals surface area contributed by atoms with Gasteiger partial charge in [-0.1, -0.05) is 6.92 Å². The Morgan fingerprint density at radius 1 is 1.27 bits per heavy atom. The Kier molecular flexibility index (Phi) is 4.06. The van der Waals surface area contributed by atoms with Gasteiger partial charge in [0.25, 0.3) is 5.92 Å². The number of aliphatic hydroxyl groups is 1. The molecule has 140 valence electrons. The van der Waals surface area contributed by atoms with Crippen LogP contribution >= 0.6 is 0 Å². The molecule has 26 heavy (non-hydrogen) atoms. The molecule has 0 aromatic carbocycles. The third kappa shape index (κ3) is 3.11. The van der Waals surface area contributed by atoms with E-state index in [9.17, 15) is 13.9 Å². The van der Waals surface area contributed by atoms with E-state index in [1.54, 1.807) is 11.1 Å². The number of fused-ring (bicyclic) bond motifs is 1. The Labute approximate surface area is 149 Å². The maximum Gasteiger partial charge on any atom is 0.282 e. The number of rotatable bonds is 3. The molecule has 1 saturated carbocycles. The van der Waals surface area contributed by atoms with Crippen LogP contribution < -0.4 is 16.0 Å². The van der Waals surface area contributed by atoms with E-state index in [0.29, 0.717) is 22.5 Å². The van der Waals surface area contributed by atoms with E-state index in [1.807, 2.05) is 0 Å². The van der Waals surface area contributed by atoms with Gasteiger partial charge in [0.2, 0.25) is 5.95 Å². The molecular weight excluding hydrogens is 342 g/mol. The number of nitrogens with two attached hydrogens (primary N) is 1. The first-order valence-electron chi connectivity index (χ1n) is 8.81. The van der Waals surface area contributed by atoms with Crippen LogP contribution in [0.5, 0.6) is 0 Å². The predicted molar refractivity (Wildman–Crippen MR) is 95.3 cm³/mol. The van der Waals surface area contributed by atoms with Crippen molar-refractivity contribution >= 4 is 28.4 Å². The number of hydrogen-bond acceptors (Lipinski definition) is 7. The van der Waals surface area contributed by atoms with E-state index in [-0.39, 0.29) is 37.0 Å². The number of hydrogen-bond donors (Lipinski definition) is 3. The van der Waals surface area contributed by atoms with Crippen molar-refractivity contribution < 1.29 is 13.9 Å². The first-order valence-corrected chi connectivity index (χ1v) is 8.81. The fourth-order valence-electron chi connectivity index (χ4n) is 3.76. The molecule has 1 aliphatic carbocycles. The molecule has 4 N–H and O–H groups in total. The molecule has 9 heteroatoms. The molecule has 0 spiro atoms. The third-order valence-electron chi connectivity index (χ3n) is 5.27. The second kappa shape index (κ2) is 6.15. The van der Waals surface area contributed by atoms with Gasteiger partial charge in [-0.25, -0.2) is 23.7 Å². The molecule has 1 saturated heterocycles. The number of alkyl halides is 2. The predicted octanol–water partition coefficient (Wildman–Crippen LogP) is 2.02. The largest absolute Gasteiger partial charge is 0.393 e. The fraction of sp³-hybridized carbons (Fsp3) is 0.588. The van der Waals surface area contributed by atoms with Crippen LogP contribution in [0.15, 0.2) is 12.4 Å². The topological polar surface area (TPSA) is 100 Å². The zero-order valence-electron chi connectivity index (χ0n) is 14.5. The molecule has 2 aliphatic rings. The Balaban J connectivity index is 1.63. The lowest BCUT2D eigenvalue weighted by molar-refractivity contribution is -0.0261. The first kappa shape index (κ1) is 17.1. The van der Waals surface area contributed by atoms with E-state index >= 15 is 0 Å². The van der Waals surface area contributed by atoms with Gasteiger partial charge in [0.1, 0.15) is 11.3 Å². The minimum absolute atomic E-state index is 0.159. The van der Waals surface area contributed by atoms with Crippen LogP contribution in [0, 0.1) is 5.92 Å². The average molecular weight is 364 g/mol. The molecule has 0 amide bonds. The molecule has 0 radical (unpaired) electrons. The van der Waals surface area contributed by atoms with E-state index in [2.05, 4.69) is 27.2 Å². The van der Waals surface area contributed by atoms with Gasteiger partial charge < -0.3 is 21.1 Å².